The van der Waals surface area contributed by atoms with Crippen LogP contribution in [0.5, 0.6) is 0 Å². The summed E-state index contributed by atoms with van der Waals surface area (Å²) in [7, 11) is 1.95. The first kappa shape index (κ1) is 17.2. The summed E-state index contributed by atoms with van der Waals surface area (Å²) in [6, 6.07) is 0.0204. The zero-order valence-corrected chi connectivity index (χ0v) is 13.7. The minimum atomic E-state index is -4.64. The Labute approximate surface area is 138 Å². The number of rotatable bonds is 2. The molecule has 2 aliphatic rings. The molecule has 2 atom stereocenters. The number of ether oxygens (including phenoxy) is 1. The number of carbonyl (C=O) groups excluding carboxylic acids is 1. The van der Waals surface area contributed by atoms with Crippen LogP contribution in [-0.2, 0) is 17.5 Å². The monoisotopic (exact) mass is 346 g/mol. The summed E-state index contributed by atoms with van der Waals surface area (Å²) >= 11 is 0. The first-order valence-corrected chi connectivity index (χ1v) is 8.07. The lowest BCUT2D eigenvalue weighted by Gasteiger charge is -2.45. The van der Waals surface area contributed by atoms with Crippen molar-refractivity contribution in [2.24, 2.45) is 0 Å². The van der Waals surface area contributed by atoms with Gasteiger partial charge in [-0.2, -0.15) is 18.3 Å². The van der Waals surface area contributed by atoms with E-state index in [2.05, 4.69) is 10.00 Å². The van der Waals surface area contributed by atoms with Gasteiger partial charge < -0.3 is 9.64 Å². The van der Waals surface area contributed by atoms with Crippen molar-refractivity contribution in [3.63, 3.8) is 0 Å². The van der Waals surface area contributed by atoms with E-state index >= 15 is 0 Å². The second kappa shape index (κ2) is 6.36. The summed E-state index contributed by atoms with van der Waals surface area (Å²) in [6.07, 6.45) is -2.79. The van der Waals surface area contributed by atoms with Gasteiger partial charge in [-0.05, 0) is 20.4 Å². The highest BCUT2D eigenvalue weighted by atomic mass is 19.4. The standard InChI is InChI=1S/C15H21F3N4O2/c1-3-22-8-10(13(19-22)15(16,17)18)14(23)21-5-4-12-11(9-21)20(2)6-7-24-12/h8,11-12H,3-7,9H2,1-2H3/t11-,12+/m1/s1. The number of fused-ring (bicyclic) bond motifs is 1. The molecule has 24 heavy (non-hydrogen) atoms. The Morgan fingerprint density at radius 2 is 2.17 bits per heavy atom. The molecule has 2 aliphatic heterocycles. The van der Waals surface area contributed by atoms with Crippen molar-refractivity contribution in [3.8, 4) is 0 Å². The molecule has 1 aromatic rings. The van der Waals surface area contributed by atoms with Crippen LogP contribution in [0, 0.1) is 0 Å². The summed E-state index contributed by atoms with van der Waals surface area (Å²) in [5.74, 6) is -0.612. The molecule has 0 radical (unpaired) electrons. The van der Waals surface area contributed by atoms with E-state index in [1.165, 1.54) is 11.1 Å². The van der Waals surface area contributed by atoms with Gasteiger partial charge in [-0.15, -0.1) is 0 Å². The number of piperidine rings is 1. The van der Waals surface area contributed by atoms with Crippen LogP contribution in [0.1, 0.15) is 29.4 Å². The van der Waals surface area contributed by atoms with Crippen molar-refractivity contribution in [2.45, 2.75) is 38.2 Å². The third kappa shape index (κ3) is 3.14. The molecule has 0 bridgehead atoms. The van der Waals surface area contributed by atoms with E-state index in [9.17, 15) is 18.0 Å². The van der Waals surface area contributed by atoms with E-state index in [1.807, 2.05) is 7.05 Å². The highest BCUT2D eigenvalue weighted by Crippen LogP contribution is 2.32. The van der Waals surface area contributed by atoms with Crippen molar-refractivity contribution in [1.82, 2.24) is 19.6 Å². The van der Waals surface area contributed by atoms with Gasteiger partial charge in [0, 0.05) is 32.4 Å². The maximum Gasteiger partial charge on any atom is 0.435 e. The van der Waals surface area contributed by atoms with Gasteiger partial charge in [0.1, 0.15) is 0 Å². The molecule has 0 saturated carbocycles. The second-order valence-corrected chi connectivity index (χ2v) is 6.24. The summed E-state index contributed by atoms with van der Waals surface area (Å²) < 4.78 is 46.4. The van der Waals surface area contributed by atoms with Gasteiger partial charge >= 0.3 is 6.18 Å². The summed E-state index contributed by atoms with van der Waals surface area (Å²) in [6.45, 7) is 4.12. The summed E-state index contributed by atoms with van der Waals surface area (Å²) in [5, 5.41) is 3.52. The SMILES string of the molecule is CCn1cc(C(=O)N2CC[C@@H]3OCCN(C)[C@@H]3C2)c(C(F)(F)F)n1. The van der Waals surface area contributed by atoms with E-state index in [0.717, 1.165) is 11.2 Å². The maximum absolute atomic E-state index is 13.2. The number of carbonyl (C=O) groups is 1. The predicted octanol–water partition coefficient (Wildman–Crippen LogP) is 1.47. The fourth-order valence-corrected chi connectivity index (χ4v) is 3.35. The molecule has 0 spiro atoms. The molecule has 9 heteroatoms. The molecule has 0 aromatic carbocycles. The number of amides is 1. The lowest BCUT2D eigenvalue weighted by molar-refractivity contribution is -0.142. The summed E-state index contributed by atoms with van der Waals surface area (Å²) in [4.78, 5) is 16.3. The van der Waals surface area contributed by atoms with Crippen LogP contribution in [-0.4, -0.2) is 70.9 Å². The first-order valence-electron chi connectivity index (χ1n) is 8.07. The first-order chi connectivity index (χ1) is 11.3. The smallest absolute Gasteiger partial charge is 0.375 e. The number of hydrogen-bond donors (Lipinski definition) is 0. The minimum absolute atomic E-state index is 0.0204. The molecule has 3 heterocycles. The molecule has 0 N–H and O–H groups in total. The second-order valence-electron chi connectivity index (χ2n) is 6.24. The third-order valence-electron chi connectivity index (χ3n) is 4.73. The number of hydrogen-bond acceptors (Lipinski definition) is 4. The van der Waals surface area contributed by atoms with Gasteiger partial charge in [0.25, 0.3) is 5.91 Å². The Hall–Kier alpha value is -1.61. The average Bonchev–Trinajstić information content (AvgIpc) is 2.99. The van der Waals surface area contributed by atoms with E-state index < -0.39 is 17.8 Å². The average molecular weight is 346 g/mol. The number of halogens is 3. The normalized spacial score (nSPS) is 25.6. The van der Waals surface area contributed by atoms with Crippen LogP contribution in [0.2, 0.25) is 0 Å². The van der Waals surface area contributed by atoms with Crippen LogP contribution in [0.25, 0.3) is 0 Å². The fourth-order valence-electron chi connectivity index (χ4n) is 3.35. The molecule has 2 saturated heterocycles. The van der Waals surface area contributed by atoms with Crippen LogP contribution in [0.3, 0.4) is 0 Å². The molecule has 2 fully saturated rings. The van der Waals surface area contributed by atoms with Crippen molar-refractivity contribution < 1.29 is 22.7 Å². The third-order valence-corrected chi connectivity index (χ3v) is 4.73. The highest BCUT2D eigenvalue weighted by molar-refractivity contribution is 5.95. The van der Waals surface area contributed by atoms with Gasteiger partial charge in [-0.25, -0.2) is 0 Å². The lowest BCUT2D eigenvalue weighted by atomic mass is 9.98. The van der Waals surface area contributed by atoms with E-state index in [0.29, 0.717) is 26.1 Å². The zero-order valence-electron chi connectivity index (χ0n) is 13.7. The highest BCUT2D eigenvalue weighted by Gasteiger charge is 2.42. The van der Waals surface area contributed by atoms with Crippen LogP contribution in [0.15, 0.2) is 6.20 Å². The Morgan fingerprint density at radius 3 is 2.83 bits per heavy atom. The largest absolute Gasteiger partial charge is 0.435 e. The molecule has 0 unspecified atom stereocenters. The van der Waals surface area contributed by atoms with Gasteiger partial charge in [-0.1, -0.05) is 0 Å². The van der Waals surface area contributed by atoms with Gasteiger partial charge in [0.05, 0.1) is 24.3 Å². The lowest BCUT2D eigenvalue weighted by Crippen LogP contribution is -2.59. The zero-order chi connectivity index (χ0) is 17.5. The van der Waals surface area contributed by atoms with Crippen LogP contribution >= 0.6 is 0 Å². The Bertz CT molecular complexity index is 616. The van der Waals surface area contributed by atoms with Crippen molar-refractivity contribution in [2.75, 3.05) is 33.3 Å². The van der Waals surface area contributed by atoms with E-state index in [-0.39, 0.29) is 24.3 Å². The van der Waals surface area contributed by atoms with Crippen LogP contribution < -0.4 is 0 Å². The number of alkyl halides is 3. The van der Waals surface area contributed by atoms with Crippen LogP contribution in [0.4, 0.5) is 13.2 Å². The molecule has 1 amide bonds. The van der Waals surface area contributed by atoms with Crippen molar-refractivity contribution >= 4 is 5.91 Å². The molecule has 6 nitrogen and oxygen atoms in total. The quantitative estimate of drug-likeness (QED) is 0.814. The van der Waals surface area contributed by atoms with Gasteiger partial charge in [0.15, 0.2) is 5.69 Å². The van der Waals surface area contributed by atoms with E-state index in [4.69, 9.17) is 4.74 Å². The maximum atomic E-state index is 13.2. The van der Waals surface area contributed by atoms with Gasteiger partial charge in [0.2, 0.25) is 0 Å². The summed E-state index contributed by atoms with van der Waals surface area (Å²) in [5.41, 5.74) is -1.48. The predicted molar refractivity (Wildman–Crippen MR) is 79.6 cm³/mol. The molecular weight excluding hydrogens is 325 g/mol. The van der Waals surface area contributed by atoms with E-state index in [1.54, 1.807) is 6.92 Å². The Balaban J connectivity index is 1.83. The fraction of sp³-hybridized carbons (Fsp3) is 0.733. The number of morpholine rings is 1. The van der Waals surface area contributed by atoms with Gasteiger partial charge in [-0.3, -0.25) is 14.4 Å². The topological polar surface area (TPSA) is 50.6 Å². The number of likely N-dealkylation sites (tertiary alicyclic amines) is 1. The molecule has 3 rings (SSSR count). The molecule has 1 aromatic heterocycles. The Kier molecular flexibility index (Phi) is 4.56. The Morgan fingerprint density at radius 1 is 1.42 bits per heavy atom. The number of nitrogens with zero attached hydrogens (tertiary/aromatic N) is 4. The molecular formula is C15H21F3N4O2. The molecule has 0 aliphatic carbocycles. The minimum Gasteiger partial charge on any atom is -0.375 e. The molecule has 134 valence electrons. The number of likely N-dealkylation sites (N-methyl/N-ethyl adjacent to an activating group) is 1. The van der Waals surface area contributed by atoms with Crippen molar-refractivity contribution in [3.05, 3.63) is 17.5 Å². The number of aryl methyl sites for hydroxylation is 1. The number of aromatic nitrogens is 2. The van der Waals surface area contributed by atoms with Crippen molar-refractivity contribution in [1.29, 1.82) is 0 Å².